The maximum atomic E-state index is 13.7. The van der Waals surface area contributed by atoms with Crippen LogP contribution in [0.3, 0.4) is 0 Å². The van der Waals surface area contributed by atoms with E-state index < -0.39 is 158 Å². The molecule has 0 saturated carbocycles. The Morgan fingerprint density at radius 3 is 1.55 bits per heavy atom. The van der Waals surface area contributed by atoms with Crippen LogP contribution in [-0.2, 0) is 62.3 Å². The van der Waals surface area contributed by atoms with Gasteiger partial charge in [0.2, 0.25) is 59.1 Å². The number of aliphatic imine (C=N–C) groups is 2. The molecule has 34 heteroatoms. The van der Waals surface area contributed by atoms with Crippen molar-refractivity contribution < 1.29 is 77.6 Å². The largest absolute Gasteiger partial charge is 0.481 e. The van der Waals surface area contributed by atoms with E-state index in [9.17, 15) is 72.5 Å². The number of hydrogen-bond donors (Lipinski definition) is 17. The zero-order valence-electron chi connectivity index (χ0n) is 43.6. The third-order valence-corrected chi connectivity index (χ3v) is 11.7. The van der Waals surface area contributed by atoms with Crippen LogP contribution in [0.5, 0.6) is 0 Å². The summed E-state index contributed by atoms with van der Waals surface area (Å²) in [4.78, 5) is 174. The number of carbonyl (C=O) groups excluding carboxylic acids is 10. The number of nitrogens with one attached hydrogen (secondary N) is 9. The second kappa shape index (κ2) is 36.1. The van der Waals surface area contributed by atoms with Gasteiger partial charge < -0.3 is 96.7 Å². The average Bonchev–Trinajstić information content (AvgIpc) is 3.86. The van der Waals surface area contributed by atoms with Crippen molar-refractivity contribution in [1.82, 2.24) is 52.8 Å². The first-order chi connectivity index (χ1) is 36.6. The summed E-state index contributed by atoms with van der Waals surface area (Å²) in [7, 11) is 0. The van der Waals surface area contributed by atoms with Gasteiger partial charge in [0.1, 0.15) is 36.3 Å². The topological polar surface area (TPSA) is 549 Å². The zero-order chi connectivity index (χ0) is 59.1. The zero-order valence-corrected chi connectivity index (χ0v) is 44.4. The van der Waals surface area contributed by atoms with E-state index in [4.69, 9.17) is 33.8 Å². The van der Waals surface area contributed by atoms with Gasteiger partial charge in [0, 0.05) is 19.6 Å². The quantitative estimate of drug-likeness (QED) is 0.0156. The van der Waals surface area contributed by atoms with E-state index in [2.05, 4.69) is 52.5 Å². The van der Waals surface area contributed by atoms with Crippen LogP contribution in [0.15, 0.2) is 9.98 Å². The monoisotopic (exact) mass is 1130 g/mol. The van der Waals surface area contributed by atoms with Crippen LogP contribution in [0.1, 0.15) is 78.1 Å². The fourth-order valence-corrected chi connectivity index (χ4v) is 7.74. The standard InChI is InChI=1S/C44H75N17O16S/c1-22(2)15-26(60-41(75)29-9-6-13-61(29)33(65)21-55-39(73)27(16-34(66)67)57-31(63)18-52-36(70)23(45)7-4-11-50-43(46)47)38(72)54-19-30(62)56-25(10-14-78-3)40(74)59-24(8-5-12-51-44(48)49)37(71)53-20-32(64)58-28(42(76)77)17-35(68)69/h22-29H,4-21,45H2,1-3H3,(H,52,70)(H,53,71)(H,54,72)(H,55,73)(H,56,62)(H,57,63)(H,58,64)(H,59,74)(H,60,75)(H,66,67)(H,68,69)(H,76,77)(H4,46,47,50)(H4,48,49,51)/t23-,24-,25-,26-,27-,28-,29-/m0/s1. The molecule has 0 aromatic rings. The Bertz CT molecular complexity index is 2190. The van der Waals surface area contributed by atoms with Crippen molar-refractivity contribution in [3.05, 3.63) is 0 Å². The van der Waals surface area contributed by atoms with Crippen LogP contribution in [0, 0.1) is 5.92 Å². The second-order valence-electron chi connectivity index (χ2n) is 18.0. The number of amides is 10. The molecule has 0 aliphatic carbocycles. The highest BCUT2D eigenvalue weighted by molar-refractivity contribution is 7.98. The highest BCUT2D eigenvalue weighted by Gasteiger charge is 2.37. The molecule has 0 bridgehead atoms. The predicted octanol–water partition coefficient (Wildman–Crippen LogP) is -7.87. The van der Waals surface area contributed by atoms with Crippen molar-refractivity contribution >= 4 is 101 Å². The average molecular weight is 1130 g/mol. The highest BCUT2D eigenvalue weighted by Crippen LogP contribution is 2.18. The molecular weight excluding hydrogens is 1050 g/mol. The number of likely N-dealkylation sites (tertiary alicyclic amines) is 1. The van der Waals surface area contributed by atoms with Gasteiger partial charge in [0.05, 0.1) is 45.1 Å². The number of rotatable bonds is 37. The van der Waals surface area contributed by atoms with E-state index >= 15 is 0 Å². The number of nitrogens with zero attached hydrogens (tertiary/aromatic N) is 3. The molecular formula is C44H75N17O16S. The molecule has 1 aliphatic heterocycles. The third kappa shape index (κ3) is 28.2. The number of nitrogens with two attached hydrogens (primary N) is 5. The Morgan fingerprint density at radius 1 is 0.577 bits per heavy atom. The Labute approximate surface area is 452 Å². The molecule has 1 heterocycles. The molecule has 7 atom stereocenters. The van der Waals surface area contributed by atoms with E-state index in [-0.39, 0.29) is 76.0 Å². The molecule has 10 amide bonds. The maximum absolute atomic E-state index is 13.7. The normalized spacial score (nSPS) is 15.0. The van der Waals surface area contributed by atoms with Gasteiger partial charge in [-0.05, 0) is 69.3 Å². The van der Waals surface area contributed by atoms with E-state index in [1.807, 2.05) is 5.32 Å². The van der Waals surface area contributed by atoms with Gasteiger partial charge in [-0.25, -0.2) is 4.79 Å². The SMILES string of the molecule is CSCC[C@H](NC(=O)CNC(=O)[C@H](CC(C)C)NC(=O)[C@@H]1CCCN1C(=O)CNC(=O)[C@H](CC(=O)O)NC(=O)CNC(=O)[C@@H](N)CCCN=C(N)N)C(=O)N[C@@H](CCCN=C(N)N)C(=O)NCC(=O)N[C@@H](CC(=O)O)C(=O)O. The lowest BCUT2D eigenvalue weighted by molar-refractivity contribution is -0.147. The maximum Gasteiger partial charge on any atom is 0.326 e. The van der Waals surface area contributed by atoms with Crippen molar-refractivity contribution in [1.29, 1.82) is 0 Å². The lowest BCUT2D eigenvalue weighted by atomic mass is 10.0. The van der Waals surface area contributed by atoms with E-state index in [1.54, 1.807) is 20.1 Å². The van der Waals surface area contributed by atoms with Crippen LogP contribution in [0.25, 0.3) is 0 Å². The summed E-state index contributed by atoms with van der Waals surface area (Å²) in [6.45, 7) is 0.935. The molecule has 22 N–H and O–H groups in total. The first-order valence-corrected chi connectivity index (χ1v) is 26.0. The van der Waals surface area contributed by atoms with Crippen molar-refractivity contribution in [3.8, 4) is 0 Å². The molecule has 0 aromatic carbocycles. The smallest absolute Gasteiger partial charge is 0.326 e. The molecule has 0 radical (unpaired) electrons. The number of guanidine groups is 2. The number of thioether (sulfide) groups is 1. The molecule has 0 spiro atoms. The Hall–Kier alpha value is -8.04. The molecule has 33 nitrogen and oxygen atoms in total. The fraction of sp³-hybridized carbons (Fsp3) is 0.659. The van der Waals surface area contributed by atoms with Gasteiger partial charge in [0.15, 0.2) is 11.9 Å². The van der Waals surface area contributed by atoms with Crippen LogP contribution < -0.4 is 76.5 Å². The molecule has 0 unspecified atom stereocenters. The third-order valence-electron chi connectivity index (χ3n) is 11.1. The molecule has 1 aliphatic rings. The Kier molecular flexibility index (Phi) is 31.4. The van der Waals surface area contributed by atoms with Crippen molar-refractivity contribution in [2.45, 2.75) is 120 Å². The van der Waals surface area contributed by atoms with Gasteiger partial charge in [-0.15, -0.1) is 0 Å². The van der Waals surface area contributed by atoms with Crippen molar-refractivity contribution in [2.24, 2.45) is 44.6 Å². The number of hydrogen-bond acceptors (Lipinski definition) is 17. The van der Waals surface area contributed by atoms with Gasteiger partial charge in [-0.2, -0.15) is 11.8 Å². The summed E-state index contributed by atoms with van der Waals surface area (Å²) in [5.74, 6) is -13.5. The number of carboxylic acid groups (broad SMARTS) is 3. The van der Waals surface area contributed by atoms with Gasteiger partial charge in [0.25, 0.3) is 0 Å². The van der Waals surface area contributed by atoms with Crippen LogP contribution >= 0.6 is 11.8 Å². The summed E-state index contributed by atoms with van der Waals surface area (Å²) < 4.78 is 0. The lowest BCUT2D eigenvalue weighted by Gasteiger charge is -2.27. The summed E-state index contributed by atoms with van der Waals surface area (Å²) in [5, 5.41) is 48.6. The summed E-state index contributed by atoms with van der Waals surface area (Å²) in [6, 6.07) is -9.50. The predicted molar refractivity (Wildman–Crippen MR) is 279 cm³/mol. The van der Waals surface area contributed by atoms with Crippen LogP contribution in [0.2, 0.25) is 0 Å². The number of aliphatic carboxylic acids is 3. The molecule has 78 heavy (non-hydrogen) atoms. The summed E-state index contributed by atoms with van der Waals surface area (Å²) in [5.41, 5.74) is 27.1. The van der Waals surface area contributed by atoms with Crippen molar-refractivity contribution in [3.63, 3.8) is 0 Å². The molecule has 0 aromatic heterocycles. The second-order valence-corrected chi connectivity index (χ2v) is 19.0. The molecule has 1 rings (SSSR count). The Balaban J connectivity index is 3.00. The summed E-state index contributed by atoms with van der Waals surface area (Å²) >= 11 is 1.32. The van der Waals surface area contributed by atoms with E-state index in [0.29, 0.717) is 18.6 Å². The van der Waals surface area contributed by atoms with E-state index in [0.717, 1.165) is 4.90 Å². The van der Waals surface area contributed by atoms with Gasteiger partial charge in [-0.3, -0.25) is 67.5 Å². The first-order valence-electron chi connectivity index (χ1n) is 24.6. The van der Waals surface area contributed by atoms with Crippen molar-refractivity contribution in [2.75, 3.05) is 57.8 Å². The first kappa shape index (κ1) is 68.0. The number of carbonyl (C=O) groups is 13. The van der Waals surface area contributed by atoms with Gasteiger partial charge >= 0.3 is 17.9 Å². The minimum atomic E-state index is -1.80. The van der Waals surface area contributed by atoms with E-state index in [1.165, 1.54) is 11.8 Å². The minimum Gasteiger partial charge on any atom is -0.481 e. The van der Waals surface area contributed by atoms with Gasteiger partial charge in [-0.1, -0.05) is 13.8 Å². The molecule has 1 fully saturated rings. The van der Waals surface area contributed by atoms with Crippen LogP contribution in [0.4, 0.5) is 0 Å². The number of carboxylic acids is 3. The minimum absolute atomic E-state index is 0.0243. The lowest BCUT2D eigenvalue weighted by Crippen LogP contribution is -2.57. The summed E-state index contributed by atoms with van der Waals surface area (Å²) in [6.07, 6.45) is 1.05. The molecule has 438 valence electrons. The highest BCUT2D eigenvalue weighted by atomic mass is 32.2. The molecule has 1 saturated heterocycles. The Morgan fingerprint density at radius 2 is 1.04 bits per heavy atom. The van der Waals surface area contributed by atoms with Crippen LogP contribution in [-0.4, -0.2) is 209 Å². The fourth-order valence-electron chi connectivity index (χ4n) is 7.27.